The smallest absolute Gasteiger partial charge is 0.238 e. The number of hydrogen-bond acceptors (Lipinski definition) is 4. The lowest BCUT2D eigenvalue weighted by molar-refractivity contribution is -0.122. The highest BCUT2D eigenvalue weighted by atomic mass is 32.2. The first-order valence-electron chi connectivity index (χ1n) is 4.16. The first-order valence-corrected chi connectivity index (χ1v) is 5.71. The van der Waals surface area contributed by atoms with E-state index in [-0.39, 0.29) is 6.54 Å². The molecule has 1 amide bonds. The van der Waals surface area contributed by atoms with E-state index in [9.17, 15) is 13.2 Å². The van der Waals surface area contributed by atoms with Crippen molar-refractivity contribution in [1.29, 1.82) is 0 Å². The van der Waals surface area contributed by atoms with E-state index in [2.05, 4.69) is 4.72 Å². The number of carbonyl (C=O) groups excluding carboxylic acids is 1. The zero-order valence-electron chi connectivity index (χ0n) is 8.57. The van der Waals surface area contributed by atoms with Gasteiger partial charge in [-0.15, -0.1) is 0 Å². The first kappa shape index (κ1) is 13.3. The van der Waals surface area contributed by atoms with Gasteiger partial charge in [0.25, 0.3) is 0 Å². The van der Waals surface area contributed by atoms with E-state index in [1.54, 1.807) is 0 Å². The zero-order valence-corrected chi connectivity index (χ0v) is 9.39. The van der Waals surface area contributed by atoms with Gasteiger partial charge in [0, 0.05) is 6.54 Å². The molecule has 0 aromatic rings. The molecule has 1 unspecified atom stereocenters. The average molecular weight is 223 g/mol. The van der Waals surface area contributed by atoms with Gasteiger partial charge in [0.2, 0.25) is 15.9 Å². The van der Waals surface area contributed by atoms with Crippen molar-refractivity contribution in [2.75, 3.05) is 6.54 Å². The second-order valence-electron chi connectivity index (χ2n) is 3.68. The third kappa shape index (κ3) is 3.24. The van der Waals surface area contributed by atoms with Gasteiger partial charge < -0.3 is 11.5 Å². The first-order chi connectivity index (χ1) is 6.13. The van der Waals surface area contributed by atoms with Crippen LogP contribution in [-0.2, 0) is 14.8 Å². The summed E-state index contributed by atoms with van der Waals surface area (Å²) in [5.41, 5.74) is 8.95. The van der Waals surface area contributed by atoms with E-state index in [4.69, 9.17) is 11.5 Å². The molecule has 0 saturated heterocycles. The average Bonchev–Trinajstić information content (AvgIpc) is 2.00. The number of nitrogens with one attached hydrogen (secondary N) is 1. The molecule has 0 spiro atoms. The van der Waals surface area contributed by atoms with Crippen LogP contribution in [0.1, 0.15) is 20.8 Å². The number of primary amides is 1. The highest BCUT2D eigenvalue weighted by Crippen LogP contribution is 2.06. The van der Waals surface area contributed by atoms with Crippen LogP contribution in [0, 0.1) is 0 Å². The molecule has 14 heavy (non-hydrogen) atoms. The van der Waals surface area contributed by atoms with E-state index >= 15 is 0 Å². The Hall–Kier alpha value is -0.660. The van der Waals surface area contributed by atoms with E-state index in [1.807, 2.05) is 0 Å². The van der Waals surface area contributed by atoms with Crippen molar-refractivity contribution in [1.82, 2.24) is 4.72 Å². The Morgan fingerprint density at radius 1 is 1.50 bits per heavy atom. The summed E-state index contributed by atoms with van der Waals surface area (Å²) in [7, 11) is -3.59. The van der Waals surface area contributed by atoms with E-state index < -0.39 is 26.7 Å². The third-order valence-electron chi connectivity index (χ3n) is 1.88. The van der Waals surface area contributed by atoms with Gasteiger partial charge in [-0.3, -0.25) is 4.79 Å². The Labute approximate surface area is 84.1 Å². The highest BCUT2D eigenvalue weighted by Gasteiger charge is 2.32. The molecule has 0 saturated carbocycles. The molecular weight excluding hydrogens is 206 g/mol. The Bertz CT molecular complexity index is 310. The summed E-state index contributed by atoms with van der Waals surface area (Å²) in [4.78, 5) is 10.9. The van der Waals surface area contributed by atoms with Crippen molar-refractivity contribution < 1.29 is 13.2 Å². The number of amides is 1. The van der Waals surface area contributed by atoms with Crippen molar-refractivity contribution >= 4 is 15.9 Å². The largest absolute Gasteiger partial charge is 0.368 e. The molecule has 0 radical (unpaired) electrons. The summed E-state index contributed by atoms with van der Waals surface area (Å²) in [6, 6.07) is 0. The van der Waals surface area contributed by atoms with Crippen LogP contribution in [-0.4, -0.2) is 31.7 Å². The maximum absolute atomic E-state index is 11.5. The van der Waals surface area contributed by atoms with E-state index in [0.29, 0.717) is 0 Å². The van der Waals surface area contributed by atoms with Crippen LogP contribution < -0.4 is 16.2 Å². The molecule has 7 heteroatoms. The predicted octanol–water partition coefficient (Wildman–Crippen LogP) is -1.48. The lowest BCUT2D eigenvalue weighted by Gasteiger charge is -2.24. The van der Waals surface area contributed by atoms with Crippen LogP contribution in [0.15, 0.2) is 0 Å². The van der Waals surface area contributed by atoms with Crippen LogP contribution in [0.3, 0.4) is 0 Å². The Morgan fingerprint density at radius 3 is 2.21 bits per heavy atom. The van der Waals surface area contributed by atoms with Gasteiger partial charge in [0.1, 0.15) is 5.54 Å². The predicted molar refractivity (Wildman–Crippen MR) is 53.8 cm³/mol. The van der Waals surface area contributed by atoms with Crippen LogP contribution in [0.4, 0.5) is 0 Å². The van der Waals surface area contributed by atoms with Crippen molar-refractivity contribution in [2.45, 2.75) is 31.6 Å². The minimum atomic E-state index is -3.59. The normalized spacial score (nSPS) is 15.1. The van der Waals surface area contributed by atoms with Crippen LogP contribution in [0.5, 0.6) is 0 Å². The SMILES string of the molecule is CC(CN)S(=O)(=O)NC(C)(C)C(N)=O. The minimum Gasteiger partial charge on any atom is -0.368 e. The molecule has 0 bridgehead atoms. The summed E-state index contributed by atoms with van der Waals surface area (Å²) in [6.45, 7) is 4.25. The summed E-state index contributed by atoms with van der Waals surface area (Å²) in [5, 5.41) is -0.749. The van der Waals surface area contributed by atoms with Gasteiger partial charge in [-0.2, -0.15) is 4.72 Å². The van der Waals surface area contributed by atoms with Gasteiger partial charge in [0.15, 0.2) is 0 Å². The molecular formula is C7H17N3O3S. The summed E-state index contributed by atoms with van der Waals surface area (Å²) in [5.74, 6) is -0.731. The maximum atomic E-state index is 11.5. The van der Waals surface area contributed by atoms with Gasteiger partial charge in [0.05, 0.1) is 5.25 Å². The Kier molecular flexibility index (Phi) is 4.04. The molecule has 1 atom stereocenters. The molecule has 84 valence electrons. The topological polar surface area (TPSA) is 115 Å². The molecule has 0 aliphatic rings. The third-order valence-corrected chi connectivity index (χ3v) is 3.92. The molecule has 0 heterocycles. The number of sulfonamides is 1. The fourth-order valence-corrected chi connectivity index (χ4v) is 1.90. The molecule has 0 aromatic heterocycles. The second-order valence-corrected chi connectivity index (χ2v) is 5.78. The Morgan fingerprint density at radius 2 is 1.93 bits per heavy atom. The minimum absolute atomic E-state index is 0.00975. The fourth-order valence-electron chi connectivity index (χ4n) is 0.633. The molecule has 0 aliphatic carbocycles. The molecule has 6 nitrogen and oxygen atoms in total. The van der Waals surface area contributed by atoms with Gasteiger partial charge >= 0.3 is 0 Å². The molecule has 0 rings (SSSR count). The summed E-state index contributed by atoms with van der Waals surface area (Å²) < 4.78 is 25.2. The number of nitrogens with two attached hydrogens (primary N) is 2. The van der Waals surface area contributed by atoms with E-state index in [0.717, 1.165) is 0 Å². The highest BCUT2D eigenvalue weighted by molar-refractivity contribution is 7.90. The number of rotatable bonds is 5. The Balaban J connectivity index is 4.77. The van der Waals surface area contributed by atoms with Crippen LogP contribution in [0.25, 0.3) is 0 Å². The maximum Gasteiger partial charge on any atom is 0.238 e. The van der Waals surface area contributed by atoms with Crippen molar-refractivity contribution in [3.8, 4) is 0 Å². The lowest BCUT2D eigenvalue weighted by Crippen LogP contribution is -2.55. The van der Waals surface area contributed by atoms with Crippen molar-refractivity contribution in [3.63, 3.8) is 0 Å². The fraction of sp³-hybridized carbons (Fsp3) is 0.857. The molecule has 5 N–H and O–H groups in total. The second kappa shape index (κ2) is 4.24. The van der Waals surface area contributed by atoms with E-state index in [1.165, 1.54) is 20.8 Å². The van der Waals surface area contributed by atoms with Crippen LogP contribution >= 0.6 is 0 Å². The molecule has 0 aromatic carbocycles. The summed E-state index contributed by atoms with van der Waals surface area (Å²) in [6.07, 6.45) is 0. The number of carbonyl (C=O) groups is 1. The summed E-state index contributed by atoms with van der Waals surface area (Å²) >= 11 is 0. The molecule has 0 aliphatic heterocycles. The number of hydrogen-bond donors (Lipinski definition) is 3. The quantitative estimate of drug-likeness (QED) is 0.527. The zero-order chi connectivity index (χ0) is 11.6. The van der Waals surface area contributed by atoms with Gasteiger partial charge in [-0.1, -0.05) is 0 Å². The standard InChI is InChI=1S/C7H17N3O3S/c1-5(4-8)14(12,13)10-7(2,3)6(9)11/h5,10H,4,8H2,1-3H3,(H2,9,11). The van der Waals surface area contributed by atoms with Crippen molar-refractivity contribution in [2.24, 2.45) is 11.5 Å². The van der Waals surface area contributed by atoms with Gasteiger partial charge in [-0.25, -0.2) is 8.42 Å². The van der Waals surface area contributed by atoms with Crippen molar-refractivity contribution in [3.05, 3.63) is 0 Å². The van der Waals surface area contributed by atoms with Crippen LogP contribution in [0.2, 0.25) is 0 Å². The molecule has 0 fully saturated rings. The van der Waals surface area contributed by atoms with Gasteiger partial charge in [-0.05, 0) is 20.8 Å². The monoisotopic (exact) mass is 223 g/mol. The lowest BCUT2D eigenvalue weighted by atomic mass is 10.1.